The van der Waals surface area contributed by atoms with Crippen LogP contribution in [-0.2, 0) is 12.8 Å². The molecule has 3 aromatic carbocycles. The maximum atomic E-state index is 4.55. The first-order chi connectivity index (χ1) is 11.9. The molecule has 0 aliphatic carbocycles. The fourth-order valence-corrected chi connectivity index (χ4v) is 3.07. The quantitative estimate of drug-likeness (QED) is 0.540. The Kier molecular flexibility index (Phi) is 4.03. The third kappa shape index (κ3) is 3.04. The third-order valence-electron chi connectivity index (χ3n) is 4.29. The molecule has 116 valence electrons. The molecule has 24 heavy (non-hydrogen) atoms. The minimum absolute atomic E-state index is 0.806. The van der Waals surface area contributed by atoms with E-state index in [0.717, 1.165) is 24.1 Å². The average Bonchev–Trinajstić information content (AvgIpc) is 2.65. The fraction of sp³-hybridized carbons (Fsp3) is 0.0909. The normalized spacial score (nSPS) is 10.8. The molecule has 0 bridgehead atoms. The van der Waals surface area contributed by atoms with Gasteiger partial charge in [0.1, 0.15) is 0 Å². The van der Waals surface area contributed by atoms with Crippen molar-refractivity contribution in [3.8, 4) is 0 Å². The van der Waals surface area contributed by atoms with Gasteiger partial charge in [0.15, 0.2) is 0 Å². The van der Waals surface area contributed by atoms with Gasteiger partial charge >= 0.3 is 0 Å². The maximum Gasteiger partial charge on any atom is 0.0932 e. The van der Waals surface area contributed by atoms with E-state index in [2.05, 4.69) is 76.9 Å². The van der Waals surface area contributed by atoms with Gasteiger partial charge < -0.3 is 0 Å². The van der Waals surface area contributed by atoms with Gasteiger partial charge in [0.05, 0.1) is 11.2 Å². The minimum Gasteiger partial charge on any atom is -0.154 e. The second kappa shape index (κ2) is 6.63. The SMILES string of the molecule is c1ccc(Cc2nnc3ccccc3c2Cc2ccccc2)cc1. The lowest BCUT2D eigenvalue weighted by atomic mass is 9.96. The number of rotatable bonds is 4. The first-order valence-electron chi connectivity index (χ1n) is 8.21. The lowest BCUT2D eigenvalue weighted by Crippen LogP contribution is -2.04. The lowest BCUT2D eigenvalue weighted by Gasteiger charge is -2.12. The van der Waals surface area contributed by atoms with Crippen molar-refractivity contribution >= 4 is 10.9 Å². The molecule has 2 nitrogen and oxygen atoms in total. The van der Waals surface area contributed by atoms with E-state index in [1.807, 2.05) is 18.2 Å². The highest BCUT2D eigenvalue weighted by molar-refractivity contribution is 5.82. The molecule has 0 fully saturated rings. The van der Waals surface area contributed by atoms with Crippen LogP contribution in [0.3, 0.4) is 0 Å². The molecule has 4 aromatic rings. The van der Waals surface area contributed by atoms with Gasteiger partial charge in [-0.3, -0.25) is 0 Å². The van der Waals surface area contributed by atoms with Crippen LogP contribution in [0.5, 0.6) is 0 Å². The Labute approximate surface area is 141 Å². The standard InChI is InChI=1S/C22H18N2/c1-3-9-17(10-4-1)15-20-19-13-7-8-14-21(19)23-24-22(20)16-18-11-5-2-6-12-18/h1-14H,15-16H2. The topological polar surface area (TPSA) is 25.8 Å². The molecule has 0 spiro atoms. The molecule has 0 amide bonds. The highest BCUT2D eigenvalue weighted by Crippen LogP contribution is 2.23. The minimum atomic E-state index is 0.806. The van der Waals surface area contributed by atoms with E-state index in [-0.39, 0.29) is 0 Å². The van der Waals surface area contributed by atoms with Crippen molar-refractivity contribution in [3.63, 3.8) is 0 Å². The van der Waals surface area contributed by atoms with E-state index in [4.69, 9.17) is 0 Å². The second-order valence-electron chi connectivity index (χ2n) is 5.97. The number of hydrogen-bond donors (Lipinski definition) is 0. The average molecular weight is 310 g/mol. The lowest BCUT2D eigenvalue weighted by molar-refractivity contribution is 0.931. The van der Waals surface area contributed by atoms with Crippen LogP contribution in [0.1, 0.15) is 22.4 Å². The Balaban J connectivity index is 1.82. The van der Waals surface area contributed by atoms with Crippen molar-refractivity contribution in [1.29, 1.82) is 0 Å². The van der Waals surface area contributed by atoms with Crippen LogP contribution in [0.25, 0.3) is 10.9 Å². The summed E-state index contributed by atoms with van der Waals surface area (Å²) < 4.78 is 0. The molecule has 0 unspecified atom stereocenters. The molecule has 1 aromatic heterocycles. The number of aromatic nitrogens is 2. The highest BCUT2D eigenvalue weighted by atomic mass is 15.1. The molecule has 2 heteroatoms. The zero-order chi connectivity index (χ0) is 16.2. The molecular formula is C22H18N2. The summed E-state index contributed by atoms with van der Waals surface area (Å²) in [4.78, 5) is 0. The number of nitrogens with zero attached hydrogens (tertiary/aromatic N) is 2. The Morgan fingerprint density at radius 3 is 1.83 bits per heavy atom. The van der Waals surface area contributed by atoms with Gasteiger partial charge in [-0.2, -0.15) is 10.2 Å². The van der Waals surface area contributed by atoms with Gasteiger partial charge in [0, 0.05) is 11.8 Å². The zero-order valence-electron chi connectivity index (χ0n) is 13.4. The predicted molar refractivity (Wildman–Crippen MR) is 98.0 cm³/mol. The van der Waals surface area contributed by atoms with E-state index in [0.29, 0.717) is 0 Å². The van der Waals surface area contributed by atoms with Crippen LogP contribution >= 0.6 is 0 Å². The molecule has 0 radical (unpaired) electrons. The van der Waals surface area contributed by atoms with Gasteiger partial charge in [-0.1, -0.05) is 78.9 Å². The first-order valence-corrected chi connectivity index (χ1v) is 8.21. The number of benzene rings is 3. The smallest absolute Gasteiger partial charge is 0.0932 e. The Hall–Kier alpha value is -3.00. The predicted octanol–water partition coefficient (Wildman–Crippen LogP) is 4.81. The van der Waals surface area contributed by atoms with Crippen LogP contribution in [0.15, 0.2) is 84.9 Å². The van der Waals surface area contributed by atoms with E-state index < -0.39 is 0 Å². The molecule has 0 atom stereocenters. The molecule has 0 saturated carbocycles. The summed E-state index contributed by atoms with van der Waals surface area (Å²) in [7, 11) is 0. The van der Waals surface area contributed by atoms with Crippen LogP contribution < -0.4 is 0 Å². The summed E-state index contributed by atoms with van der Waals surface area (Å²) in [6.45, 7) is 0. The summed E-state index contributed by atoms with van der Waals surface area (Å²) in [6.07, 6.45) is 1.68. The molecule has 1 heterocycles. The largest absolute Gasteiger partial charge is 0.154 e. The van der Waals surface area contributed by atoms with Crippen molar-refractivity contribution in [2.75, 3.05) is 0 Å². The van der Waals surface area contributed by atoms with Crippen LogP contribution in [0.4, 0.5) is 0 Å². The van der Waals surface area contributed by atoms with Gasteiger partial charge in [-0.05, 0) is 29.2 Å². The second-order valence-corrected chi connectivity index (χ2v) is 5.97. The Morgan fingerprint density at radius 1 is 0.542 bits per heavy atom. The van der Waals surface area contributed by atoms with Gasteiger partial charge in [0.25, 0.3) is 0 Å². The summed E-state index contributed by atoms with van der Waals surface area (Å²) in [6, 6.07) is 29.3. The monoisotopic (exact) mass is 310 g/mol. The van der Waals surface area contributed by atoms with Crippen LogP contribution in [0.2, 0.25) is 0 Å². The summed E-state index contributed by atoms with van der Waals surface area (Å²) in [5.41, 5.74) is 5.85. The molecule has 4 rings (SSSR count). The number of fused-ring (bicyclic) bond motifs is 1. The van der Waals surface area contributed by atoms with Crippen LogP contribution in [0, 0.1) is 0 Å². The van der Waals surface area contributed by atoms with Crippen molar-refractivity contribution < 1.29 is 0 Å². The summed E-state index contributed by atoms with van der Waals surface area (Å²) in [5.74, 6) is 0. The van der Waals surface area contributed by atoms with Crippen molar-refractivity contribution in [2.24, 2.45) is 0 Å². The Bertz CT molecular complexity index is 947. The van der Waals surface area contributed by atoms with E-state index >= 15 is 0 Å². The van der Waals surface area contributed by atoms with Crippen molar-refractivity contribution in [2.45, 2.75) is 12.8 Å². The molecule has 0 aliphatic rings. The van der Waals surface area contributed by atoms with Gasteiger partial charge in [-0.25, -0.2) is 0 Å². The molecular weight excluding hydrogens is 292 g/mol. The molecule has 0 saturated heterocycles. The van der Waals surface area contributed by atoms with Crippen molar-refractivity contribution in [1.82, 2.24) is 10.2 Å². The van der Waals surface area contributed by atoms with Crippen molar-refractivity contribution in [3.05, 3.63) is 107 Å². The summed E-state index contributed by atoms with van der Waals surface area (Å²) in [5, 5.41) is 10.2. The highest BCUT2D eigenvalue weighted by Gasteiger charge is 2.12. The first kappa shape index (κ1) is 14.6. The van der Waals surface area contributed by atoms with Crippen LogP contribution in [-0.4, -0.2) is 10.2 Å². The molecule has 0 aliphatic heterocycles. The van der Waals surface area contributed by atoms with Gasteiger partial charge in [0.2, 0.25) is 0 Å². The number of hydrogen-bond acceptors (Lipinski definition) is 2. The maximum absolute atomic E-state index is 4.55. The third-order valence-corrected chi connectivity index (χ3v) is 4.29. The van der Waals surface area contributed by atoms with E-state index in [1.165, 1.54) is 22.1 Å². The summed E-state index contributed by atoms with van der Waals surface area (Å²) >= 11 is 0. The van der Waals surface area contributed by atoms with E-state index in [1.54, 1.807) is 0 Å². The van der Waals surface area contributed by atoms with Gasteiger partial charge in [-0.15, -0.1) is 0 Å². The zero-order valence-corrected chi connectivity index (χ0v) is 13.4. The molecule has 0 N–H and O–H groups in total. The Morgan fingerprint density at radius 2 is 1.12 bits per heavy atom. The van der Waals surface area contributed by atoms with E-state index in [9.17, 15) is 0 Å². The fourth-order valence-electron chi connectivity index (χ4n) is 3.07.